The van der Waals surface area contributed by atoms with Crippen molar-refractivity contribution in [2.45, 2.75) is 6.42 Å². The number of hydrogen-bond acceptors (Lipinski definition) is 4. The van der Waals surface area contributed by atoms with Crippen molar-refractivity contribution in [3.63, 3.8) is 0 Å². The molecule has 27 heavy (non-hydrogen) atoms. The normalized spacial score (nSPS) is 15.7. The van der Waals surface area contributed by atoms with E-state index < -0.39 is 0 Å². The molecule has 0 N–H and O–H groups in total. The number of rotatable bonds is 3. The molecule has 1 saturated heterocycles. The summed E-state index contributed by atoms with van der Waals surface area (Å²) in [5, 5.41) is 5.20. The van der Waals surface area contributed by atoms with Crippen LogP contribution in [0.25, 0.3) is 17.1 Å². The number of hydrogen-bond donors (Lipinski definition) is 0. The first-order valence-electron chi connectivity index (χ1n) is 8.99. The van der Waals surface area contributed by atoms with Gasteiger partial charge in [-0.1, -0.05) is 17.7 Å². The molecular formula is C20H21ClN4O2. The van der Waals surface area contributed by atoms with E-state index >= 15 is 0 Å². The van der Waals surface area contributed by atoms with Gasteiger partial charge in [0.1, 0.15) is 5.69 Å². The van der Waals surface area contributed by atoms with Crippen LogP contribution in [0.3, 0.4) is 0 Å². The average Bonchev–Trinajstić information content (AvgIpc) is 3.29. The first-order chi connectivity index (χ1) is 13.1. The van der Waals surface area contributed by atoms with Crippen molar-refractivity contribution >= 4 is 17.5 Å². The third-order valence-corrected chi connectivity index (χ3v) is 5.00. The molecule has 3 aromatic rings. The molecule has 2 aromatic heterocycles. The van der Waals surface area contributed by atoms with Crippen molar-refractivity contribution in [3.8, 4) is 17.1 Å². The van der Waals surface area contributed by atoms with E-state index in [0.717, 1.165) is 37.4 Å². The highest BCUT2D eigenvalue weighted by Crippen LogP contribution is 2.26. The van der Waals surface area contributed by atoms with E-state index in [0.29, 0.717) is 23.0 Å². The highest BCUT2D eigenvalue weighted by molar-refractivity contribution is 6.30. The van der Waals surface area contributed by atoms with Gasteiger partial charge in [-0.05, 0) is 50.3 Å². The van der Waals surface area contributed by atoms with E-state index in [1.54, 1.807) is 23.1 Å². The van der Waals surface area contributed by atoms with Crippen LogP contribution >= 0.6 is 11.6 Å². The van der Waals surface area contributed by atoms with Crippen molar-refractivity contribution in [1.29, 1.82) is 0 Å². The van der Waals surface area contributed by atoms with Crippen LogP contribution in [0.5, 0.6) is 0 Å². The molecule has 3 heterocycles. The fourth-order valence-electron chi connectivity index (χ4n) is 3.30. The van der Waals surface area contributed by atoms with E-state index in [9.17, 15) is 4.79 Å². The number of furan rings is 1. The summed E-state index contributed by atoms with van der Waals surface area (Å²) in [6.45, 7) is 3.31. The topological polar surface area (TPSA) is 54.5 Å². The standard InChI is InChI=1S/C20H21ClN4O2/c1-23-8-4-9-24(11-10-23)20(26)17-14-18(19-7-3-12-27-19)25(22-17)16-6-2-5-15(21)13-16/h2-3,5-7,12-14H,4,8-11H2,1H3. The molecule has 1 aromatic carbocycles. The number of carbonyl (C=O) groups excluding carboxylic acids is 1. The second kappa shape index (κ2) is 7.58. The number of halogens is 1. The molecule has 7 heteroatoms. The summed E-state index contributed by atoms with van der Waals surface area (Å²) in [4.78, 5) is 17.2. The van der Waals surface area contributed by atoms with Crippen LogP contribution in [0, 0.1) is 0 Å². The summed E-state index contributed by atoms with van der Waals surface area (Å²) in [5.74, 6) is 0.594. The van der Waals surface area contributed by atoms with Crippen molar-refractivity contribution in [2.75, 3.05) is 33.2 Å². The highest BCUT2D eigenvalue weighted by Gasteiger charge is 2.24. The van der Waals surface area contributed by atoms with Gasteiger partial charge in [0.25, 0.3) is 5.91 Å². The van der Waals surface area contributed by atoms with Crippen molar-refractivity contribution in [3.05, 3.63) is 59.4 Å². The molecule has 140 valence electrons. The summed E-state index contributed by atoms with van der Waals surface area (Å²) in [7, 11) is 2.08. The lowest BCUT2D eigenvalue weighted by Crippen LogP contribution is -2.34. The summed E-state index contributed by atoms with van der Waals surface area (Å²) in [6, 6.07) is 12.8. The molecular weight excluding hydrogens is 364 g/mol. The van der Waals surface area contributed by atoms with E-state index in [1.807, 2.05) is 35.2 Å². The van der Waals surface area contributed by atoms with E-state index in [-0.39, 0.29) is 5.91 Å². The molecule has 0 aliphatic carbocycles. The Kier molecular flexibility index (Phi) is 5.01. The number of benzene rings is 1. The van der Waals surface area contributed by atoms with Gasteiger partial charge in [0.2, 0.25) is 0 Å². The number of carbonyl (C=O) groups is 1. The lowest BCUT2D eigenvalue weighted by atomic mass is 10.2. The maximum absolute atomic E-state index is 13.1. The Balaban J connectivity index is 1.72. The zero-order valence-electron chi connectivity index (χ0n) is 15.1. The van der Waals surface area contributed by atoms with Crippen molar-refractivity contribution in [2.24, 2.45) is 0 Å². The SMILES string of the molecule is CN1CCCN(C(=O)c2cc(-c3ccco3)n(-c3cccc(Cl)c3)n2)CC1. The Labute approximate surface area is 162 Å². The predicted octanol–water partition coefficient (Wildman–Crippen LogP) is 3.56. The largest absolute Gasteiger partial charge is 0.463 e. The minimum absolute atomic E-state index is 0.0566. The fraction of sp³-hybridized carbons (Fsp3) is 0.300. The smallest absolute Gasteiger partial charge is 0.274 e. The van der Waals surface area contributed by atoms with Crippen LogP contribution < -0.4 is 0 Å². The van der Waals surface area contributed by atoms with Crippen LogP contribution in [0.15, 0.2) is 53.1 Å². The fourth-order valence-corrected chi connectivity index (χ4v) is 3.49. The van der Waals surface area contributed by atoms with Crippen LogP contribution in [-0.4, -0.2) is 58.7 Å². The van der Waals surface area contributed by atoms with Gasteiger partial charge in [-0.25, -0.2) is 4.68 Å². The molecule has 0 spiro atoms. The predicted molar refractivity (Wildman–Crippen MR) is 104 cm³/mol. The summed E-state index contributed by atoms with van der Waals surface area (Å²) < 4.78 is 7.27. The molecule has 0 radical (unpaired) electrons. The maximum Gasteiger partial charge on any atom is 0.274 e. The molecule has 0 atom stereocenters. The number of likely N-dealkylation sites (N-methyl/N-ethyl adjacent to an activating group) is 1. The van der Waals surface area contributed by atoms with Gasteiger partial charge in [0, 0.05) is 30.7 Å². The Morgan fingerprint density at radius 2 is 2.00 bits per heavy atom. The monoisotopic (exact) mass is 384 g/mol. The molecule has 4 rings (SSSR count). The molecule has 6 nitrogen and oxygen atoms in total. The molecule has 1 aliphatic heterocycles. The Hall–Kier alpha value is -2.57. The van der Waals surface area contributed by atoms with Gasteiger partial charge in [0.15, 0.2) is 11.5 Å². The second-order valence-corrected chi connectivity index (χ2v) is 7.17. The second-order valence-electron chi connectivity index (χ2n) is 6.73. The lowest BCUT2D eigenvalue weighted by Gasteiger charge is -2.19. The molecule has 1 fully saturated rings. The van der Waals surface area contributed by atoms with Crippen LogP contribution in [-0.2, 0) is 0 Å². The van der Waals surface area contributed by atoms with Gasteiger partial charge in [-0.3, -0.25) is 4.79 Å². The Bertz CT molecular complexity index is 935. The highest BCUT2D eigenvalue weighted by atomic mass is 35.5. The molecule has 1 amide bonds. The molecule has 0 saturated carbocycles. The molecule has 1 aliphatic rings. The van der Waals surface area contributed by atoms with Crippen LogP contribution in [0.4, 0.5) is 0 Å². The summed E-state index contributed by atoms with van der Waals surface area (Å²) in [6.07, 6.45) is 2.57. The number of nitrogens with zero attached hydrogens (tertiary/aromatic N) is 4. The minimum Gasteiger partial charge on any atom is -0.463 e. The Morgan fingerprint density at radius 3 is 2.78 bits per heavy atom. The quantitative estimate of drug-likeness (QED) is 0.692. The van der Waals surface area contributed by atoms with Gasteiger partial charge >= 0.3 is 0 Å². The van der Waals surface area contributed by atoms with Crippen molar-refractivity contribution in [1.82, 2.24) is 19.6 Å². The third kappa shape index (κ3) is 3.77. The first kappa shape index (κ1) is 17.8. The average molecular weight is 385 g/mol. The molecule has 0 bridgehead atoms. The van der Waals surface area contributed by atoms with E-state index in [1.165, 1.54) is 0 Å². The van der Waals surface area contributed by atoms with Gasteiger partial charge < -0.3 is 14.2 Å². The minimum atomic E-state index is -0.0566. The van der Waals surface area contributed by atoms with Crippen molar-refractivity contribution < 1.29 is 9.21 Å². The first-order valence-corrected chi connectivity index (χ1v) is 9.37. The van der Waals surface area contributed by atoms with Gasteiger partial charge in [0.05, 0.1) is 12.0 Å². The summed E-state index contributed by atoms with van der Waals surface area (Å²) in [5.41, 5.74) is 1.91. The third-order valence-electron chi connectivity index (χ3n) is 4.76. The van der Waals surface area contributed by atoms with Gasteiger partial charge in [-0.15, -0.1) is 0 Å². The summed E-state index contributed by atoms with van der Waals surface area (Å²) >= 11 is 6.15. The van der Waals surface area contributed by atoms with Crippen LogP contribution in [0.2, 0.25) is 5.02 Å². The number of aromatic nitrogens is 2. The number of amides is 1. The van der Waals surface area contributed by atoms with E-state index in [4.69, 9.17) is 16.0 Å². The zero-order chi connectivity index (χ0) is 18.8. The Morgan fingerprint density at radius 1 is 1.11 bits per heavy atom. The van der Waals surface area contributed by atoms with Gasteiger partial charge in [-0.2, -0.15) is 5.10 Å². The molecule has 0 unspecified atom stereocenters. The maximum atomic E-state index is 13.1. The lowest BCUT2D eigenvalue weighted by molar-refractivity contribution is 0.0756. The van der Waals surface area contributed by atoms with Crippen LogP contribution in [0.1, 0.15) is 16.9 Å². The van der Waals surface area contributed by atoms with E-state index in [2.05, 4.69) is 17.0 Å². The zero-order valence-corrected chi connectivity index (χ0v) is 15.9.